The molecule has 0 unspecified atom stereocenters. The normalized spacial score (nSPS) is 26.9. The third-order valence-electron chi connectivity index (χ3n) is 3.52. The van der Waals surface area contributed by atoms with Crippen LogP contribution in [0.2, 0.25) is 0 Å². The Hall–Kier alpha value is -1.48. The van der Waals surface area contributed by atoms with Gasteiger partial charge in [-0.25, -0.2) is 9.74 Å². The zero-order valence-electron chi connectivity index (χ0n) is 10.3. The van der Waals surface area contributed by atoms with E-state index in [2.05, 4.69) is 5.64 Å². The molecule has 1 aromatic rings. The van der Waals surface area contributed by atoms with Crippen molar-refractivity contribution in [1.29, 1.82) is 0 Å². The first-order valence-electron chi connectivity index (χ1n) is 5.91. The maximum atomic E-state index is 12.4. The SMILES string of the molecule is CC[C@@]1(N2C(=O)c3csc(N)c3C2=O)CCONO1. The van der Waals surface area contributed by atoms with Gasteiger partial charge in [-0.2, -0.15) is 0 Å². The van der Waals surface area contributed by atoms with Crippen LogP contribution in [0.1, 0.15) is 40.5 Å². The zero-order chi connectivity index (χ0) is 13.6. The minimum Gasteiger partial charge on any atom is -0.390 e. The first-order chi connectivity index (χ1) is 9.10. The summed E-state index contributed by atoms with van der Waals surface area (Å²) in [5.41, 5.74) is 7.69. The minimum absolute atomic E-state index is 0.290. The molecular weight excluding hydrogens is 270 g/mol. The Bertz CT molecular complexity index is 550. The van der Waals surface area contributed by atoms with Crippen LogP contribution in [0.15, 0.2) is 5.38 Å². The lowest BCUT2D eigenvalue weighted by Gasteiger charge is -2.41. The van der Waals surface area contributed by atoms with Crippen LogP contribution < -0.4 is 11.4 Å². The van der Waals surface area contributed by atoms with E-state index in [0.717, 1.165) is 4.90 Å². The van der Waals surface area contributed by atoms with Crippen molar-refractivity contribution in [3.8, 4) is 0 Å². The van der Waals surface area contributed by atoms with E-state index >= 15 is 0 Å². The molecule has 2 aliphatic heterocycles. The summed E-state index contributed by atoms with van der Waals surface area (Å²) in [6, 6.07) is 0. The fraction of sp³-hybridized carbons (Fsp3) is 0.455. The van der Waals surface area contributed by atoms with E-state index in [1.54, 1.807) is 5.38 Å². The third kappa shape index (κ3) is 1.61. The van der Waals surface area contributed by atoms with Crippen LogP contribution in [0.5, 0.6) is 0 Å². The van der Waals surface area contributed by atoms with Crippen LogP contribution >= 0.6 is 11.3 Å². The molecule has 0 saturated carbocycles. The van der Waals surface area contributed by atoms with Gasteiger partial charge < -0.3 is 5.73 Å². The van der Waals surface area contributed by atoms with Crippen molar-refractivity contribution in [2.24, 2.45) is 0 Å². The molecule has 0 aliphatic carbocycles. The number of imide groups is 1. The molecule has 2 amide bonds. The number of thiophene rings is 1. The van der Waals surface area contributed by atoms with Gasteiger partial charge in [-0.15, -0.1) is 11.3 Å². The molecule has 7 nitrogen and oxygen atoms in total. The summed E-state index contributed by atoms with van der Waals surface area (Å²) in [5, 5.41) is 1.98. The average Bonchev–Trinajstić information content (AvgIpc) is 2.92. The fourth-order valence-corrected chi connectivity index (χ4v) is 3.20. The van der Waals surface area contributed by atoms with Crippen LogP contribution in [-0.2, 0) is 9.68 Å². The number of nitrogens with two attached hydrogens (primary N) is 1. The molecule has 0 spiro atoms. The number of rotatable bonds is 2. The summed E-state index contributed by atoms with van der Waals surface area (Å²) in [7, 11) is 0. The summed E-state index contributed by atoms with van der Waals surface area (Å²) in [5.74, 6) is -0.761. The topological polar surface area (TPSA) is 93.9 Å². The van der Waals surface area contributed by atoms with Gasteiger partial charge in [-0.3, -0.25) is 14.4 Å². The first-order valence-corrected chi connectivity index (χ1v) is 6.79. The van der Waals surface area contributed by atoms with Crippen molar-refractivity contribution in [3.05, 3.63) is 16.5 Å². The van der Waals surface area contributed by atoms with Gasteiger partial charge in [-0.1, -0.05) is 12.6 Å². The van der Waals surface area contributed by atoms with Crippen molar-refractivity contribution < 1.29 is 19.3 Å². The minimum atomic E-state index is -1.02. The van der Waals surface area contributed by atoms with Gasteiger partial charge in [0.2, 0.25) is 0 Å². The molecule has 1 saturated heterocycles. The molecule has 8 heteroatoms. The standard InChI is InChI=1S/C11H13N3O4S/c1-2-11(3-4-17-13-18-11)14-9(15)6-5-19-8(12)7(6)10(14)16/h5,13H,2-4,12H2,1H3/t11-/m0/s1. The molecule has 3 N–H and O–H groups in total. The van der Waals surface area contributed by atoms with Crippen LogP contribution in [0.3, 0.4) is 0 Å². The maximum absolute atomic E-state index is 12.4. The Morgan fingerprint density at radius 3 is 2.89 bits per heavy atom. The van der Waals surface area contributed by atoms with Gasteiger partial charge in [0.25, 0.3) is 11.8 Å². The van der Waals surface area contributed by atoms with Gasteiger partial charge in [0.15, 0.2) is 5.72 Å². The molecule has 1 aromatic heterocycles. The second-order valence-corrected chi connectivity index (χ2v) is 5.33. The summed E-state index contributed by atoms with van der Waals surface area (Å²) in [6.45, 7) is 2.20. The molecule has 2 aliphatic rings. The van der Waals surface area contributed by atoms with E-state index in [1.807, 2.05) is 6.92 Å². The molecular formula is C11H13N3O4S. The summed E-state index contributed by atoms with van der Waals surface area (Å²) >= 11 is 1.20. The van der Waals surface area contributed by atoms with Crippen molar-refractivity contribution >= 4 is 28.2 Å². The predicted molar refractivity (Wildman–Crippen MR) is 67.0 cm³/mol. The molecule has 0 radical (unpaired) electrons. The summed E-state index contributed by atoms with van der Waals surface area (Å²) < 4.78 is 0. The van der Waals surface area contributed by atoms with Gasteiger partial charge >= 0.3 is 0 Å². The lowest BCUT2D eigenvalue weighted by atomic mass is 10.0. The zero-order valence-corrected chi connectivity index (χ0v) is 11.1. The van der Waals surface area contributed by atoms with Gasteiger partial charge in [-0.05, 0) is 6.42 Å². The number of nitrogens with one attached hydrogen (secondary N) is 1. The Labute approximate surface area is 113 Å². The predicted octanol–water partition coefficient (Wildman–Crippen LogP) is 0.889. The highest BCUT2D eigenvalue weighted by molar-refractivity contribution is 7.14. The smallest absolute Gasteiger partial charge is 0.266 e. The second-order valence-electron chi connectivity index (χ2n) is 4.42. The number of nitrogens with zero attached hydrogens (tertiary/aromatic N) is 1. The number of nitrogen functional groups attached to an aromatic ring is 1. The van der Waals surface area contributed by atoms with Crippen molar-refractivity contribution in [2.45, 2.75) is 25.5 Å². The molecule has 19 heavy (non-hydrogen) atoms. The van der Waals surface area contributed by atoms with Crippen molar-refractivity contribution in [3.63, 3.8) is 0 Å². The van der Waals surface area contributed by atoms with Crippen LogP contribution in [0, 0.1) is 0 Å². The number of carbonyl (C=O) groups is 2. The number of amides is 2. The van der Waals surface area contributed by atoms with Crippen molar-refractivity contribution in [1.82, 2.24) is 10.5 Å². The Kier molecular flexibility index (Phi) is 2.82. The van der Waals surface area contributed by atoms with Crippen LogP contribution in [0.4, 0.5) is 5.00 Å². The molecule has 1 fully saturated rings. The first kappa shape index (κ1) is 12.5. The third-order valence-corrected chi connectivity index (χ3v) is 4.33. The average molecular weight is 283 g/mol. The van der Waals surface area contributed by atoms with E-state index in [-0.39, 0.29) is 11.5 Å². The fourth-order valence-electron chi connectivity index (χ4n) is 2.42. The summed E-state index contributed by atoms with van der Waals surface area (Å²) in [6.07, 6.45) is 0.885. The number of carbonyl (C=O) groups excluding carboxylic acids is 2. The Morgan fingerprint density at radius 1 is 1.53 bits per heavy atom. The molecule has 0 aromatic carbocycles. The van der Waals surface area contributed by atoms with E-state index < -0.39 is 11.6 Å². The number of hydrogen-bond donors (Lipinski definition) is 2. The second kappa shape index (κ2) is 4.27. The van der Waals surface area contributed by atoms with Gasteiger partial charge in [0, 0.05) is 11.8 Å². The molecule has 0 bridgehead atoms. The van der Waals surface area contributed by atoms with E-state index in [0.29, 0.717) is 30.0 Å². The Balaban J connectivity index is 2.03. The highest BCUT2D eigenvalue weighted by Gasteiger charge is 2.51. The number of hydrogen-bond acceptors (Lipinski definition) is 7. The maximum Gasteiger partial charge on any atom is 0.266 e. The lowest BCUT2D eigenvalue weighted by Crippen LogP contribution is -2.58. The van der Waals surface area contributed by atoms with E-state index in [1.165, 1.54) is 11.3 Å². The molecule has 3 rings (SSSR count). The number of anilines is 1. The van der Waals surface area contributed by atoms with Gasteiger partial charge in [0.1, 0.15) is 0 Å². The monoisotopic (exact) mass is 283 g/mol. The van der Waals surface area contributed by atoms with Crippen LogP contribution in [0.25, 0.3) is 0 Å². The quantitative estimate of drug-likeness (QED) is 0.783. The molecule has 3 heterocycles. The van der Waals surface area contributed by atoms with E-state index in [4.69, 9.17) is 15.4 Å². The van der Waals surface area contributed by atoms with Gasteiger partial charge in [0.05, 0.1) is 22.7 Å². The highest BCUT2D eigenvalue weighted by Crippen LogP contribution is 2.39. The van der Waals surface area contributed by atoms with Crippen LogP contribution in [-0.4, -0.2) is 29.0 Å². The number of fused-ring (bicyclic) bond motifs is 1. The highest BCUT2D eigenvalue weighted by atomic mass is 32.1. The lowest BCUT2D eigenvalue weighted by molar-refractivity contribution is -0.309. The van der Waals surface area contributed by atoms with Crippen molar-refractivity contribution in [2.75, 3.05) is 12.3 Å². The molecule has 102 valence electrons. The molecule has 1 atom stereocenters. The largest absolute Gasteiger partial charge is 0.390 e. The van der Waals surface area contributed by atoms with E-state index in [9.17, 15) is 9.59 Å². The Morgan fingerprint density at radius 2 is 2.32 bits per heavy atom. The summed E-state index contributed by atoms with van der Waals surface area (Å²) in [4.78, 5) is 36.2.